The molecule has 0 saturated carbocycles. The molecule has 1 aromatic carbocycles. The van der Waals surface area contributed by atoms with Gasteiger partial charge in [0.05, 0.1) is 0 Å². The lowest BCUT2D eigenvalue weighted by molar-refractivity contribution is 0.443. The summed E-state index contributed by atoms with van der Waals surface area (Å²) in [5.41, 5.74) is 3.10. The van der Waals surface area contributed by atoms with Crippen LogP contribution in [0.4, 0.5) is 0 Å². The molecular formula is C14H19N. The first-order valence-corrected chi connectivity index (χ1v) is 5.71. The number of hydrogen-bond donors (Lipinski definition) is 1. The second-order valence-corrected chi connectivity index (χ2v) is 4.35. The van der Waals surface area contributed by atoms with E-state index in [9.17, 15) is 0 Å². The van der Waals surface area contributed by atoms with Crippen molar-refractivity contribution in [1.29, 1.82) is 0 Å². The van der Waals surface area contributed by atoms with Gasteiger partial charge in [0.25, 0.3) is 0 Å². The van der Waals surface area contributed by atoms with Crippen molar-refractivity contribution in [2.45, 2.75) is 31.2 Å². The lowest BCUT2D eigenvalue weighted by Gasteiger charge is -2.32. The average molecular weight is 201 g/mol. The maximum atomic E-state index is 3.80. The second kappa shape index (κ2) is 4.63. The van der Waals surface area contributed by atoms with Gasteiger partial charge in [0.2, 0.25) is 0 Å². The topological polar surface area (TPSA) is 12.0 Å². The first-order valence-electron chi connectivity index (χ1n) is 5.71. The highest BCUT2D eigenvalue weighted by molar-refractivity contribution is 5.39. The molecule has 1 aliphatic rings. The second-order valence-electron chi connectivity index (χ2n) is 4.35. The highest BCUT2D eigenvalue weighted by atomic mass is 14.9. The number of hydrogen-bond acceptors (Lipinski definition) is 1. The van der Waals surface area contributed by atoms with Crippen molar-refractivity contribution in [3.63, 3.8) is 0 Å². The molecule has 2 rings (SSSR count). The van der Waals surface area contributed by atoms with E-state index in [0.29, 0.717) is 6.04 Å². The molecule has 0 aromatic heterocycles. The van der Waals surface area contributed by atoms with Gasteiger partial charge in [-0.05, 0) is 43.4 Å². The van der Waals surface area contributed by atoms with Crippen LogP contribution in [-0.4, -0.2) is 13.1 Å². The Morgan fingerprint density at radius 2 is 2.33 bits per heavy atom. The Labute approximate surface area is 92.2 Å². The van der Waals surface area contributed by atoms with Crippen LogP contribution in [-0.2, 0) is 6.42 Å². The van der Waals surface area contributed by atoms with Gasteiger partial charge in [-0.25, -0.2) is 0 Å². The summed E-state index contributed by atoms with van der Waals surface area (Å²) in [6.07, 6.45) is 5.56. The Kier molecular flexibility index (Phi) is 3.22. The molecule has 0 saturated heterocycles. The fourth-order valence-electron chi connectivity index (χ4n) is 2.45. The minimum Gasteiger partial charge on any atom is -0.317 e. The Bertz CT molecular complexity index is 343. The molecule has 0 bridgehead atoms. The van der Waals surface area contributed by atoms with Gasteiger partial charge in [0, 0.05) is 6.04 Å². The summed E-state index contributed by atoms with van der Waals surface area (Å²) in [5, 5.41) is 3.36. The number of nitrogens with one attached hydrogen (secondary N) is 1. The molecule has 0 fully saturated rings. The SMILES string of the molecule is C=CCC(CC1Cc2ccccc21)NC. The van der Waals surface area contributed by atoms with Crippen LogP contribution in [0.1, 0.15) is 29.9 Å². The van der Waals surface area contributed by atoms with Gasteiger partial charge in [-0.2, -0.15) is 0 Å². The summed E-state index contributed by atoms with van der Waals surface area (Å²) in [6.45, 7) is 3.80. The third-order valence-corrected chi connectivity index (χ3v) is 3.39. The van der Waals surface area contributed by atoms with Crippen molar-refractivity contribution in [2.75, 3.05) is 7.05 Å². The third kappa shape index (κ3) is 2.13. The van der Waals surface area contributed by atoms with Gasteiger partial charge in [0.15, 0.2) is 0 Å². The van der Waals surface area contributed by atoms with E-state index in [0.717, 1.165) is 12.3 Å². The molecule has 80 valence electrons. The molecule has 2 unspecified atom stereocenters. The zero-order valence-electron chi connectivity index (χ0n) is 9.37. The summed E-state index contributed by atoms with van der Waals surface area (Å²) in [5.74, 6) is 0.763. The maximum absolute atomic E-state index is 3.80. The molecule has 0 heterocycles. The number of benzene rings is 1. The quantitative estimate of drug-likeness (QED) is 0.722. The summed E-state index contributed by atoms with van der Waals surface area (Å²) < 4.78 is 0. The van der Waals surface area contributed by atoms with E-state index < -0.39 is 0 Å². The van der Waals surface area contributed by atoms with Gasteiger partial charge in [0.1, 0.15) is 0 Å². The van der Waals surface area contributed by atoms with Gasteiger partial charge in [-0.3, -0.25) is 0 Å². The fourth-order valence-corrected chi connectivity index (χ4v) is 2.45. The van der Waals surface area contributed by atoms with Gasteiger partial charge in [-0.15, -0.1) is 6.58 Å². The van der Waals surface area contributed by atoms with Crippen LogP contribution in [0.25, 0.3) is 0 Å². The molecule has 0 aliphatic heterocycles. The number of rotatable bonds is 5. The zero-order valence-corrected chi connectivity index (χ0v) is 9.37. The van der Waals surface area contributed by atoms with E-state index in [1.807, 2.05) is 13.1 Å². The predicted octanol–water partition coefficient (Wildman–Crippen LogP) is 2.88. The average Bonchev–Trinajstić information content (AvgIpc) is 2.24. The molecule has 2 atom stereocenters. The lowest BCUT2D eigenvalue weighted by Crippen LogP contribution is -2.30. The van der Waals surface area contributed by atoms with Crippen molar-refractivity contribution in [1.82, 2.24) is 5.32 Å². The van der Waals surface area contributed by atoms with Crippen LogP contribution in [0.3, 0.4) is 0 Å². The lowest BCUT2D eigenvalue weighted by atomic mass is 9.74. The van der Waals surface area contributed by atoms with Crippen LogP contribution in [0.5, 0.6) is 0 Å². The molecule has 0 amide bonds. The van der Waals surface area contributed by atoms with Crippen molar-refractivity contribution in [3.05, 3.63) is 48.0 Å². The van der Waals surface area contributed by atoms with Crippen molar-refractivity contribution < 1.29 is 0 Å². The van der Waals surface area contributed by atoms with Crippen molar-refractivity contribution in [3.8, 4) is 0 Å². The van der Waals surface area contributed by atoms with Gasteiger partial charge < -0.3 is 5.32 Å². The Morgan fingerprint density at radius 3 is 3.00 bits per heavy atom. The van der Waals surface area contributed by atoms with E-state index >= 15 is 0 Å². The van der Waals surface area contributed by atoms with Crippen molar-refractivity contribution in [2.24, 2.45) is 0 Å². The van der Waals surface area contributed by atoms with E-state index in [-0.39, 0.29) is 0 Å². The smallest absolute Gasteiger partial charge is 0.0104 e. The maximum Gasteiger partial charge on any atom is 0.0104 e. The Morgan fingerprint density at radius 1 is 1.53 bits per heavy atom. The number of fused-ring (bicyclic) bond motifs is 1. The minimum atomic E-state index is 0.584. The Balaban J connectivity index is 1.96. The monoisotopic (exact) mass is 201 g/mol. The Hall–Kier alpha value is -1.08. The normalized spacial score (nSPS) is 20.2. The summed E-state index contributed by atoms with van der Waals surface area (Å²) in [6, 6.07) is 9.37. The predicted molar refractivity (Wildman–Crippen MR) is 65.2 cm³/mol. The largest absolute Gasteiger partial charge is 0.317 e. The van der Waals surface area contributed by atoms with Crippen LogP contribution in [0, 0.1) is 0 Å². The van der Waals surface area contributed by atoms with Crippen LogP contribution >= 0.6 is 0 Å². The summed E-state index contributed by atoms with van der Waals surface area (Å²) in [4.78, 5) is 0. The molecule has 1 nitrogen and oxygen atoms in total. The first kappa shape index (κ1) is 10.4. The van der Waals surface area contributed by atoms with Gasteiger partial charge >= 0.3 is 0 Å². The highest BCUT2D eigenvalue weighted by Crippen LogP contribution is 2.38. The molecule has 1 heteroatoms. The third-order valence-electron chi connectivity index (χ3n) is 3.39. The minimum absolute atomic E-state index is 0.584. The molecular weight excluding hydrogens is 182 g/mol. The van der Waals surface area contributed by atoms with Crippen LogP contribution in [0.2, 0.25) is 0 Å². The van der Waals surface area contributed by atoms with Crippen LogP contribution in [0.15, 0.2) is 36.9 Å². The van der Waals surface area contributed by atoms with E-state index in [1.54, 1.807) is 5.56 Å². The molecule has 1 aliphatic carbocycles. The first-order chi connectivity index (χ1) is 7.35. The van der Waals surface area contributed by atoms with E-state index in [2.05, 4.69) is 36.2 Å². The molecule has 0 radical (unpaired) electrons. The highest BCUT2D eigenvalue weighted by Gasteiger charge is 2.26. The van der Waals surface area contributed by atoms with E-state index in [1.165, 1.54) is 18.4 Å². The molecule has 15 heavy (non-hydrogen) atoms. The molecule has 1 N–H and O–H groups in total. The van der Waals surface area contributed by atoms with Gasteiger partial charge in [-0.1, -0.05) is 30.3 Å². The van der Waals surface area contributed by atoms with E-state index in [4.69, 9.17) is 0 Å². The summed E-state index contributed by atoms with van der Waals surface area (Å²) in [7, 11) is 2.04. The van der Waals surface area contributed by atoms with Crippen LogP contribution < -0.4 is 5.32 Å². The standard InChI is InChI=1S/C14H19N/c1-3-6-13(15-2)10-12-9-11-7-4-5-8-14(11)12/h3-5,7-8,12-13,15H,1,6,9-10H2,2H3. The molecule has 0 spiro atoms. The summed E-state index contributed by atoms with van der Waals surface area (Å²) >= 11 is 0. The zero-order chi connectivity index (χ0) is 10.7. The fraction of sp³-hybridized carbons (Fsp3) is 0.429. The van der Waals surface area contributed by atoms with Crippen molar-refractivity contribution >= 4 is 0 Å². The molecule has 1 aromatic rings.